The van der Waals surface area contributed by atoms with Gasteiger partial charge in [0.25, 0.3) is 0 Å². The normalized spacial score (nSPS) is 13.5. The molecule has 0 atom stereocenters. The highest BCUT2D eigenvalue weighted by Gasteiger charge is 2.37. The van der Waals surface area contributed by atoms with Gasteiger partial charge in [0.2, 0.25) is 0 Å². The Morgan fingerprint density at radius 2 is 1.13 bits per heavy atom. The lowest BCUT2D eigenvalue weighted by Crippen LogP contribution is -2.14. The number of fused-ring (bicyclic) bond motifs is 13. The van der Waals surface area contributed by atoms with E-state index in [0.29, 0.717) is 0 Å². The summed E-state index contributed by atoms with van der Waals surface area (Å²) in [6.07, 6.45) is 0. The molecule has 3 aromatic heterocycles. The van der Waals surface area contributed by atoms with E-state index in [9.17, 15) is 0 Å². The van der Waals surface area contributed by atoms with Gasteiger partial charge in [-0.15, -0.1) is 11.3 Å². The highest BCUT2D eigenvalue weighted by atomic mass is 32.1. The SMILES string of the molecule is CC1(C)c2cc(-c3ccc4c5cc(-c6ccc7oc8ccccc8c7c6)ccc5n(-c5ccccc5)c4c3)ccc2-c2c1ccc1c2sc2ccccc21. The van der Waals surface area contributed by atoms with E-state index < -0.39 is 0 Å². The third kappa shape index (κ3) is 4.10. The average Bonchev–Trinajstić information content (AvgIpc) is 3.94. The van der Waals surface area contributed by atoms with Gasteiger partial charge in [0.1, 0.15) is 11.2 Å². The van der Waals surface area contributed by atoms with Gasteiger partial charge >= 0.3 is 0 Å². The Labute approximate surface area is 316 Å². The fourth-order valence-electron chi connectivity index (χ4n) is 9.32. The molecule has 2 nitrogen and oxygen atoms in total. The van der Waals surface area contributed by atoms with Crippen LogP contribution in [0, 0.1) is 0 Å². The Morgan fingerprint density at radius 3 is 2.02 bits per heavy atom. The van der Waals surface area contributed by atoms with Crippen molar-refractivity contribution in [2.24, 2.45) is 0 Å². The Balaban J connectivity index is 1.03. The van der Waals surface area contributed by atoms with Crippen molar-refractivity contribution in [1.82, 2.24) is 4.57 Å². The molecule has 8 aromatic carbocycles. The van der Waals surface area contributed by atoms with E-state index in [4.69, 9.17) is 4.42 Å². The van der Waals surface area contributed by atoms with E-state index in [-0.39, 0.29) is 5.41 Å². The van der Waals surface area contributed by atoms with Crippen molar-refractivity contribution >= 4 is 75.3 Å². The van der Waals surface area contributed by atoms with Gasteiger partial charge in [0, 0.05) is 58.4 Å². The minimum absolute atomic E-state index is 0.101. The molecule has 1 aliphatic rings. The van der Waals surface area contributed by atoms with Crippen LogP contribution < -0.4 is 0 Å². The minimum atomic E-state index is -0.101. The first-order valence-electron chi connectivity index (χ1n) is 18.7. The summed E-state index contributed by atoms with van der Waals surface area (Å²) in [4.78, 5) is 0. The van der Waals surface area contributed by atoms with Crippen LogP contribution in [0.15, 0.2) is 168 Å². The van der Waals surface area contributed by atoms with Gasteiger partial charge in [-0.3, -0.25) is 0 Å². The molecule has 11 aromatic rings. The summed E-state index contributed by atoms with van der Waals surface area (Å²) in [5, 5.41) is 7.50. The lowest BCUT2D eigenvalue weighted by Gasteiger charge is -2.22. The number of benzene rings is 8. The zero-order valence-corrected chi connectivity index (χ0v) is 30.7. The molecule has 0 bridgehead atoms. The zero-order valence-electron chi connectivity index (χ0n) is 29.9. The number of thiophene rings is 1. The molecule has 3 heteroatoms. The van der Waals surface area contributed by atoms with Crippen molar-refractivity contribution in [3.05, 3.63) is 175 Å². The topological polar surface area (TPSA) is 18.1 Å². The van der Waals surface area contributed by atoms with E-state index >= 15 is 0 Å². The van der Waals surface area contributed by atoms with Gasteiger partial charge in [0.05, 0.1) is 11.0 Å². The molecule has 0 saturated heterocycles. The molecule has 0 aliphatic heterocycles. The van der Waals surface area contributed by atoms with Crippen molar-refractivity contribution in [2.45, 2.75) is 19.3 Å². The fourth-order valence-corrected chi connectivity index (χ4v) is 10.6. The van der Waals surface area contributed by atoms with E-state index in [1.54, 1.807) is 0 Å². The smallest absolute Gasteiger partial charge is 0.135 e. The molecule has 1 aliphatic carbocycles. The Bertz CT molecular complexity index is 3360. The first-order valence-corrected chi connectivity index (χ1v) is 19.5. The Morgan fingerprint density at radius 1 is 0.463 bits per heavy atom. The number of para-hydroxylation sites is 2. The minimum Gasteiger partial charge on any atom is -0.456 e. The monoisotopic (exact) mass is 707 g/mol. The van der Waals surface area contributed by atoms with Gasteiger partial charge in [-0.2, -0.15) is 0 Å². The standard InChI is InChI=1S/C51H33NOS/c1-51(2)42-23-22-38-37-13-7-9-15-48(37)54-50(38)49(42)39-21-17-32(28-43(39)51)33-16-20-35-40-26-30(18-24-44(40)52(45(35)29-33)34-10-4-3-5-11-34)31-19-25-47-41(27-31)36-12-6-8-14-46(36)53-47/h3-29H,1-2H3. The summed E-state index contributed by atoms with van der Waals surface area (Å²) in [5.74, 6) is 0. The molecular weight excluding hydrogens is 675 g/mol. The first-order chi connectivity index (χ1) is 26.5. The molecule has 0 radical (unpaired) electrons. The lowest BCUT2D eigenvalue weighted by molar-refractivity contribution is 0.661. The Kier molecular flexibility index (Phi) is 6.03. The molecule has 54 heavy (non-hydrogen) atoms. The molecule has 12 rings (SSSR count). The maximum Gasteiger partial charge on any atom is 0.135 e. The van der Waals surface area contributed by atoms with Crippen molar-refractivity contribution < 1.29 is 4.42 Å². The van der Waals surface area contributed by atoms with Crippen LogP contribution in [0.4, 0.5) is 0 Å². The number of furan rings is 1. The van der Waals surface area contributed by atoms with Crippen LogP contribution in [0.25, 0.3) is 103 Å². The molecular formula is C51H33NOS. The average molecular weight is 708 g/mol. The maximum absolute atomic E-state index is 6.15. The van der Waals surface area contributed by atoms with E-state index in [1.807, 2.05) is 23.5 Å². The molecule has 0 fully saturated rings. The highest BCUT2D eigenvalue weighted by molar-refractivity contribution is 7.26. The fraction of sp³-hybridized carbons (Fsp3) is 0.0588. The first kappa shape index (κ1) is 30.1. The number of nitrogens with zero attached hydrogens (tertiary/aromatic N) is 1. The summed E-state index contributed by atoms with van der Waals surface area (Å²) >= 11 is 1.93. The van der Waals surface area contributed by atoms with Crippen LogP contribution in [-0.4, -0.2) is 4.57 Å². The lowest BCUT2D eigenvalue weighted by atomic mass is 9.81. The van der Waals surface area contributed by atoms with Crippen LogP contribution >= 0.6 is 11.3 Å². The second kappa shape index (κ2) is 10.8. The second-order valence-corrected chi connectivity index (χ2v) is 16.3. The Hall–Kier alpha value is -6.42. The number of aromatic nitrogens is 1. The molecule has 0 spiro atoms. The van der Waals surface area contributed by atoms with Crippen LogP contribution in [-0.2, 0) is 5.41 Å². The number of hydrogen-bond donors (Lipinski definition) is 0. The van der Waals surface area contributed by atoms with Crippen LogP contribution in [0.2, 0.25) is 0 Å². The highest BCUT2D eigenvalue weighted by Crippen LogP contribution is 2.54. The summed E-state index contributed by atoms with van der Waals surface area (Å²) in [6, 6.07) is 60.3. The predicted molar refractivity (Wildman–Crippen MR) is 229 cm³/mol. The summed E-state index contributed by atoms with van der Waals surface area (Å²) in [6.45, 7) is 4.78. The van der Waals surface area contributed by atoms with Gasteiger partial charge in [-0.1, -0.05) is 117 Å². The largest absolute Gasteiger partial charge is 0.456 e. The van der Waals surface area contributed by atoms with Gasteiger partial charge in [0.15, 0.2) is 0 Å². The molecule has 0 amide bonds. The van der Waals surface area contributed by atoms with Gasteiger partial charge < -0.3 is 8.98 Å². The second-order valence-electron chi connectivity index (χ2n) is 15.3. The van der Waals surface area contributed by atoms with Crippen molar-refractivity contribution in [1.29, 1.82) is 0 Å². The van der Waals surface area contributed by atoms with E-state index in [0.717, 1.165) is 27.6 Å². The maximum atomic E-state index is 6.15. The van der Waals surface area contributed by atoms with Gasteiger partial charge in [-0.05, 0) is 99.6 Å². The van der Waals surface area contributed by atoms with Crippen molar-refractivity contribution in [2.75, 3.05) is 0 Å². The molecule has 0 N–H and O–H groups in total. The van der Waals surface area contributed by atoms with Crippen LogP contribution in [0.1, 0.15) is 25.0 Å². The summed E-state index contributed by atoms with van der Waals surface area (Å²) < 4.78 is 11.3. The zero-order chi connectivity index (χ0) is 35.7. The van der Waals surface area contributed by atoms with Gasteiger partial charge in [-0.25, -0.2) is 0 Å². The van der Waals surface area contributed by atoms with Crippen LogP contribution in [0.5, 0.6) is 0 Å². The summed E-state index contributed by atoms with van der Waals surface area (Å²) in [7, 11) is 0. The molecule has 3 heterocycles. The van der Waals surface area contributed by atoms with Crippen molar-refractivity contribution in [3.63, 3.8) is 0 Å². The third-order valence-electron chi connectivity index (χ3n) is 12.0. The number of hydrogen-bond acceptors (Lipinski definition) is 2. The van der Waals surface area contributed by atoms with E-state index in [2.05, 4.69) is 170 Å². The van der Waals surface area contributed by atoms with Crippen molar-refractivity contribution in [3.8, 4) is 39.1 Å². The van der Waals surface area contributed by atoms with Crippen LogP contribution in [0.3, 0.4) is 0 Å². The third-order valence-corrected chi connectivity index (χ3v) is 13.2. The molecule has 254 valence electrons. The number of rotatable bonds is 3. The predicted octanol–water partition coefficient (Wildman–Crippen LogP) is 14.7. The quantitative estimate of drug-likeness (QED) is 0.179. The summed E-state index contributed by atoms with van der Waals surface area (Å²) in [5.41, 5.74) is 15.7. The van der Waals surface area contributed by atoms with E-state index in [1.165, 1.54) is 86.5 Å². The molecule has 0 unspecified atom stereocenters. The molecule has 0 saturated carbocycles.